The lowest BCUT2D eigenvalue weighted by molar-refractivity contribution is -0.117. The van der Waals surface area contributed by atoms with E-state index in [9.17, 15) is 17.6 Å². The second kappa shape index (κ2) is 6.51. The van der Waals surface area contributed by atoms with E-state index in [-0.39, 0.29) is 16.3 Å². The molecule has 10 heteroatoms. The second-order valence-corrected chi connectivity index (χ2v) is 7.29. The molecular weight excluding hydrogens is 373 g/mol. The van der Waals surface area contributed by atoms with Crippen molar-refractivity contribution < 1.29 is 22.3 Å². The van der Waals surface area contributed by atoms with Gasteiger partial charge in [-0.3, -0.25) is 4.79 Å². The Morgan fingerprint density at radius 3 is 2.76 bits per heavy atom. The average molecular weight is 386 g/mol. The van der Waals surface area contributed by atoms with E-state index in [0.717, 1.165) is 18.2 Å². The number of rotatable bonds is 3. The molecule has 0 aliphatic carbocycles. The van der Waals surface area contributed by atoms with E-state index < -0.39 is 27.9 Å². The first kappa shape index (κ1) is 17.5. The van der Waals surface area contributed by atoms with Gasteiger partial charge in [0.2, 0.25) is 10.0 Å². The summed E-state index contributed by atoms with van der Waals surface area (Å²) >= 11 is 5.90. The summed E-state index contributed by atoms with van der Waals surface area (Å²) in [4.78, 5) is 12.3. The van der Waals surface area contributed by atoms with Crippen LogP contribution >= 0.6 is 11.6 Å². The van der Waals surface area contributed by atoms with Crippen molar-refractivity contribution in [3.63, 3.8) is 0 Å². The smallest absolute Gasteiger partial charge is 0.263 e. The summed E-state index contributed by atoms with van der Waals surface area (Å²) in [6.45, 7) is 0. The van der Waals surface area contributed by atoms with Crippen molar-refractivity contribution in [3.05, 3.63) is 47.2 Å². The molecule has 25 heavy (non-hydrogen) atoms. The minimum atomic E-state index is -3.97. The van der Waals surface area contributed by atoms with Crippen LogP contribution in [-0.4, -0.2) is 27.6 Å². The number of nitrogens with one attached hydrogen (secondary N) is 3. The summed E-state index contributed by atoms with van der Waals surface area (Å²) in [6, 6.07) is 7.75. The summed E-state index contributed by atoms with van der Waals surface area (Å²) in [6.07, 6.45) is -1.33. The van der Waals surface area contributed by atoms with Gasteiger partial charge in [-0.15, -0.1) is 0 Å². The lowest BCUT2D eigenvalue weighted by Crippen LogP contribution is -2.51. The van der Waals surface area contributed by atoms with Gasteiger partial charge in [0.15, 0.2) is 6.17 Å². The van der Waals surface area contributed by atoms with Crippen molar-refractivity contribution in [3.8, 4) is 5.75 Å². The Balaban J connectivity index is 1.88. The zero-order chi connectivity index (χ0) is 18.2. The highest BCUT2D eigenvalue weighted by Gasteiger charge is 2.33. The number of halogens is 2. The number of methoxy groups -OCH3 is 1. The molecule has 0 radical (unpaired) electrons. The number of carbonyl (C=O) groups is 1. The summed E-state index contributed by atoms with van der Waals surface area (Å²) < 4.78 is 45.1. The molecule has 1 heterocycles. The zero-order valence-corrected chi connectivity index (χ0v) is 14.4. The molecule has 1 aliphatic heterocycles. The number of fused-ring (bicyclic) bond motifs is 1. The molecule has 3 rings (SSSR count). The molecule has 2 aromatic rings. The Bertz CT molecular complexity index is 952. The van der Waals surface area contributed by atoms with Gasteiger partial charge in [0.05, 0.1) is 18.5 Å². The molecule has 132 valence electrons. The molecule has 7 nitrogen and oxygen atoms in total. The maximum absolute atomic E-state index is 13.4. The van der Waals surface area contributed by atoms with Crippen LogP contribution in [0.5, 0.6) is 5.75 Å². The van der Waals surface area contributed by atoms with E-state index in [1.807, 2.05) is 0 Å². The van der Waals surface area contributed by atoms with Crippen molar-refractivity contribution in [1.82, 2.24) is 4.72 Å². The van der Waals surface area contributed by atoms with Crippen LogP contribution in [0.25, 0.3) is 0 Å². The van der Waals surface area contributed by atoms with Gasteiger partial charge in [0.25, 0.3) is 5.91 Å². The molecule has 1 aliphatic rings. The monoisotopic (exact) mass is 385 g/mol. The van der Waals surface area contributed by atoms with E-state index in [0.29, 0.717) is 10.8 Å². The van der Waals surface area contributed by atoms with Crippen molar-refractivity contribution in [2.75, 3.05) is 17.7 Å². The van der Waals surface area contributed by atoms with Gasteiger partial charge in [0, 0.05) is 5.02 Å². The van der Waals surface area contributed by atoms with E-state index in [2.05, 4.69) is 15.4 Å². The second-order valence-electron chi connectivity index (χ2n) is 5.17. The van der Waals surface area contributed by atoms with Crippen molar-refractivity contribution in [2.24, 2.45) is 0 Å². The number of hydrogen-bond acceptors (Lipinski definition) is 5. The molecule has 0 saturated carbocycles. The molecule has 2 aromatic carbocycles. The Hall–Kier alpha value is -2.36. The number of ether oxygens (including phenoxy) is 1. The highest BCUT2D eigenvalue weighted by molar-refractivity contribution is 7.89. The number of amides is 1. The number of hydrogen-bond donors (Lipinski definition) is 3. The molecule has 1 atom stereocenters. The zero-order valence-electron chi connectivity index (χ0n) is 12.8. The highest BCUT2D eigenvalue weighted by Crippen LogP contribution is 2.29. The third-order valence-corrected chi connectivity index (χ3v) is 5.20. The minimum Gasteiger partial charge on any atom is -0.495 e. The third kappa shape index (κ3) is 3.53. The van der Waals surface area contributed by atoms with Crippen molar-refractivity contribution in [1.29, 1.82) is 0 Å². The molecule has 1 amide bonds. The number of benzene rings is 2. The van der Waals surface area contributed by atoms with E-state index in [1.165, 1.54) is 13.2 Å². The van der Waals surface area contributed by atoms with Crippen molar-refractivity contribution in [2.45, 2.75) is 11.1 Å². The maximum atomic E-state index is 13.4. The van der Waals surface area contributed by atoms with Crippen LogP contribution in [0.15, 0.2) is 41.3 Å². The average Bonchev–Trinajstić information content (AvgIpc) is 2.53. The van der Waals surface area contributed by atoms with Gasteiger partial charge in [-0.05, 0) is 36.4 Å². The van der Waals surface area contributed by atoms with Gasteiger partial charge in [-0.1, -0.05) is 11.6 Å². The Morgan fingerprint density at radius 1 is 1.28 bits per heavy atom. The van der Waals surface area contributed by atoms with Crippen LogP contribution in [0.4, 0.5) is 15.8 Å². The maximum Gasteiger partial charge on any atom is 0.263 e. The van der Waals surface area contributed by atoms with Crippen LogP contribution in [0, 0.1) is 5.82 Å². The van der Waals surface area contributed by atoms with Crippen LogP contribution in [-0.2, 0) is 14.8 Å². The van der Waals surface area contributed by atoms with Crippen molar-refractivity contribution >= 4 is 38.9 Å². The molecule has 0 saturated heterocycles. The molecule has 0 fully saturated rings. The van der Waals surface area contributed by atoms with E-state index in [4.69, 9.17) is 16.3 Å². The van der Waals surface area contributed by atoms with Gasteiger partial charge in [0.1, 0.15) is 16.5 Å². The molecule has 3 N–H and O–H groups in total. The lowest BCUT2D eigenvalue weighted by Gasteiger charge is -2.27. The molecular formula is C15H13ClFN3O4S. The predicted octanol–water partition coefficient (Wildman–Crippen LogP) is 2.16. The Labute approximate surface area is 148 Å². The summed E-state index contributed by atoms with van der Waals surface area (Å²) in [5, 5.41) is 5.53. The Morgan fingerprint density at radius 2 is 2.04 bits per heavy atom. The summed E-state index contributed by atoms with van der Waals surface area (Å²) in [7, 11) is -2.55. The van der Waals surface area contributed by atoms with Crippen LogP contribution < -0.4 is 20.1 Å². The number of anilines is 2. The Kier molecular flexibility index (Phi) is 4.55. The van der Waals surface area contributed by atoms with Gasteiger partial charge in [-0.2, -0.15) is 4.72 Å². The fourth-order valence-corrected chi connectivity index (χ4v) is 3.78. The molecule has 0 bridgehead atoms. The minimum absolute atomic E-state index is 0.00282. The molecule has 0 aromatic heterocycles. The van der Waals surface area contributed by atoms with Gasteiger partial charge in [-0.25, -0.2) is 12.8 Å². The van der Waals surface area contributed by atoms with Crippen LogP contribution in [0.1, 0.15) is 0 Å². The highest BCUT2D eigenvalue weighted by atomic mass is 35.5. The third-order valence-electron chi connectivity index (χ3n) is 3.49. The summed E-state index contributed by atoms with van der Waals surface area (Å²) in [5.41, 5.74) is 0.267. The molecule has 1 unspecified atom stereocenters. The quantitative estimate of drug-likeness (QED) is 0.752. The van der Waals surface area contributed by atoms with Crippen LogP contribution in [0.2, 0.25) is 5.02 Å². The van der Waals surface area contributed by atoms with Gasteiger partial charge < -0.3 is 15.4 Å². The lowest BCUT2D eigenvalue weighted by atomic mass is 10.2. The first-order valence-electron chi connectivity index (χ1n) is 7.03. The predicted molar refractivity (Wildman–Crippen MR) is 90.8 cm³/mol. The fraction of sp³-hybridized carbons (Fsp3) is 0.133. The summed E-state index contributed by atoms with van der Waals surface area (Å²) in [5.74, 6) is -0.985. The first-order chi connectivity index (χ1) is 11.8. The number of carbonyl (C=O) groups excluding carboxylic acids is 1. The largest absolute Gasteiger partial charge is 0.495 e. The first-order valence-corrected chi connectivity index (χ1v) is 8.89. The SMILES string of the molecule is COc1ccc(Cl)cc1NC(=O)C1Nc2cc(F)ccc2S(=O)(=O)N1. The topological polar surface area (TPSA) is 96.5 Å². The fourth-order valence-electron chi connectivity index (χ4n) is 2.35. The van der Waals surface area contributed by atoms with E-state index in [1.54, 1.807) is 12.1 Å². The van der Waals surface area contributed by atoms with E-state index >= 15 is 0 Å². The van der Waals surface area contributed by atoms with Crippen LogP contribution in [0.3, 0.4) is 0 Å². The standard InChI is InChI=1S/C15H13ClFN3O4S/c1-24-12-4-2-8(16)6-10(12)19-15(21)14-18-11-7-9(17)3-5-13(11)25(22,23)20-14/h2-7,14,18,20H,1H3,(H,19,21). The normalized spacial score (nSPS) is 18.0. The number of sulfonamides is 1. The molecule has 0 spiro atoms. The van der Waals surface area contributed by atoms with Gasteiger partial charge >= 0.3 is 0 Å².